The third-order valence-corrected chi connectivity index (χ3v) is 8.26. The Hall–Kier alpha value is -1.75. The number of sulfone groups is 1. The van der Waals surface area contributed by atoms with Crippen LogP contribution in [-0.4, -0.2) is 78.3 Å². The Kier molecular flexibility index (Phi) is 6.29. The van der Waals surface area contributed by atoms with Gasteiger partial charge in [0.1, 0.15) is 10.9 Å². The molecule has 2 saturated heterocycles. The van der Waals surface area contributed by atoms with Crippen LogP contribution >= 0.6 is 11.8 Å². The fourth-order valence-electron chi connectivity index (χ4n) is 3.85. The minimum absolute atomic E-state index is 0.00343. The smallest absolute Gasteiger partial charge is 0.230 e. The Balaban J connectivity index is 1.46. The molecule has 3 heterocycles. The van der Waals surface area contributed by atoms with E-state index in [-0.39, 0.29) is 23.2 Å². The number of aromatic nitrogens is 2. The number of para-hydroxylation sites is 1. The minimum atomic E-state index is -3.07. The lowest BCUT2D eigenvalue weighted by Crippen LogP contribution is -2.47. The molecular weight excluding hydrogens is 424 g/mol. The van der Waals surface area contributed by atoms with Gasteiger partial charge in [-0.2, -0.15) is 0 Å². The van der Waals surface area contributed by atoms with E-state index < -0.39 is 15.4 Å². The van der Waals surface area contributed by atoms with E-state index in [9.17, 15) is 13.2 Å². The van der Waals surface area contributed by atoms with E-state index in [1.54, 1.807) is 6.92 Å². The van der Waals surface area contributed by atoms with E-state index in [4.69, 9.17) is 14.7 Å². The number of morpholine rings is 1. The molecule has 1 aromatic heterocycles. The molecule has 10 heteroatoms. The summed E-state index contributed by atoms with van der Waals surface area (Å²) in [4.78, 5) is 24.2. The molecule has 0 bridgehead atoms. The van der Waals surface area contributed by atoms with Crippen LogP contribution in [0, 0.1) is 0 Å². The third kappa shape index (κ3) is 5.29. The Bertz CT molecular complexity index is 1040. The monoisotopic (exact) mass is 450 g/mol. The summed E-state index contributed by atoms with van der Waals surface area (Å²) in [6.07, 6.45) is 0.450. The van der Waals surface area contributed by atoms with Crippen LogP contribution in [0.1, 0.15) is 19.2 Å². The number of rotatable bonds is 6. The number of nitrogens with one attached hydrogen (secondary N) is 1. The second kappa shape index (κ2) is 8.78. The van der Waals surface area contributed by atoms with Crippen molar-refractivity contribution in [3.8, 4) is 0 Å². The Morgan fingerprint density at radius 1 is 1.27 bits per heavy atom. The van der Waals surface area contributed by atoms with Crippen LogP contribution in [0.2, 0.25) is 0 Å². The van der Waals surface area contributed by atoms with E-state index in [1.165, 1.54) is 11.8 Å². The Morgan fingerprint density at radius 3 is 2.77 bits per heavy atom. The van der Waals surface area contributed by atoms with Crippen LogP contribution < -0.4 is 5.32 Å². The summed E-state index contributed by atoms with van der Waals surface area (Å²) in [6.45, 7) is 5.56. The van der Waals surface area contributed by atoms with Crippen molar-refractivity contribution in [3.05, 3.63) is 30.1 Å². The summed E-state index contributed by atoms with van der Waals surface area (Å²) < 4.78 is 28.9. The maximum absolute atomic E-state index is 12.5. The Morgan fingerprint density at radius 2 is 2.03 bits per heavy atom. The second-order valence-corrected chi connectivity index (χ2v) is 11.2. The maximum Gasteiger partial charge on any atom is 0.230 e. The van der Waals surface area contributed by atoms with Crippen LogP contribution in [0.4, 0.5) is 0 Å². The lowest BCUT2D eigenvalue weighted by Gasteiger charge is -2.26. The zero-order chi connectivity index (χ0) is 21.2. The number of ether oxygens (including phenoxy) is 1. The first-order valence-electron chi connectivity index (χ1n) is 10.0. The van der Waals surface area contributed by atoms with E-state index >= 15 is 0 Å². The molecule has 2 aromatic rings. The summed E-state index contributed by atoms with van der Waals surface area (Å²) in [5, 5.41) is 4.58. The SMILES string of the molecule is C[C@@]1(NC(=O)CSc2nc(CN3CCOCC3)nc3ccccc23)CCS(=O)(=O)C1. The van der Waals surface area contributed by atoms with Gasteiger partial charge in [0.05, 0.1) is 48.1 Å². The van der Waals surface area contributed by atoms with Gasteiger partial charge in [0.2, 0.25) is 5.91 Å². The number of fused-ring (bicyclic) bond motifs is 1. The van der Waals surface area contributed by atoms with Gasteiger partial charge in [-0.15, -0.1) is 0 Å². The van der Waals surface area contributed by atoms with Gasteiger partial charge >= 0.3 is 0 Å². The van der Waals surface area contributed by atoms with Crippen molar-refractivity contribution >= 4 is 38.4 Å². The average Bonchev–Trinajstić information content (AvgIpc) is 2.99. The molecule has 8 nitrogen and oxygen atoms in total. The molecule has 0 radical (unpaired) electrons. The summed E-state index contributed by atoms with van der Waals surface area (Å²) in [5.74, 6) is 0.840. The van der Waals surface area contributed by atoms with Gasteiger partial charge in [0.25, 0.3) is 0 Å². The first-order chi connectivity index (χ1) is 14.3. The summed E-state index contributed by atoms with van der Waals surface area (Å²) in [7, 11) is -3.07. The fourth-order valence-corrected chi connectivity index (χ4v) is 6.78. The number of carbonyl (C=O) groups excluding carboxylic acids is 1. The van der Waals surface area contributed by atoms with Crippen LogP contribution in [-0.2, 0) is 25.9 Å². The van der Waals surface area contributed by atoms with Gasteiger partial charge in [-0.05, 0) is 19.4 Å². The van der Waals surface area contributed by atoms with Crippen molar-refractivity contribution in [2.24, 2.45) is 0 Å². The van der Waals surface area contributed by atoms with Crippen molar-refractivity contribution in [2.75, 3.05) is 43.6 Å². The van der Waals surface area contributed by atoms with Crippen molar-refractivity contribution < 1.29 is 17.9 Å². The molecule has 0 saturated carbocycles. The average molecular weight is 451 g/mol. The van der Waals surface area contributed by atoms with E-state index in [2.05, 4.69) is 10.2 Å². The number of carbonyl (C=O) groups is 1. The van der Waals surface area contributed by atoms with Crippen molar-refractivity contribution in [3.63, 3.8) is 0 Å². The highest BCUT2D eigenvalue weighted by Crippen LogP contribution is 2.27. The third-order valence-electron chi connectivity index (χ3n) is 5.37. The van der Waals surface area contributed by atoms with Gasteiger partial charge in [-0.25, -0.2) is 18.4 Å². The quantitative estimate of drug-likeness (QED) is 0.518. The minimum Gasteiger partial charge on any atom is -0.379 e. The number of hydrogen-bond donors (Lipinski definition) is 1. The van der Waals surface area contributed by atoms with Gasteiger partial charge in [-0.3, -0.25) is 9.69 Å². The molecule has 0 spiro atoms. The molecule has 1 N–H and O–H groups in total. The highest BCUT2D eigenvalue weighted by Gasteiger charge is 2.39. The van der Waals surface area contributed by atoms with Crippen molar-refractivity contribution in [1.82, 2.24) is 20.2 Å². The van der Waals surface area contributed by atoms with Gasteiger partial charge in [-0.1, -0.05) is 30.0 Å². The maximum atomic E-state index is 12.5. The standard InChI is InChI=1S/C20H26N4O4S2/c1-20(6-11-30(26,27)14-20)23-18(25)13-29-19-15-4-2-3-5-16(15)21-17(22-19)12-24-7-9-28-10-8-24/h2-5H,6-14H2,1H3,(H,23,25)/t20-/m1/s1. The van der Waals surface area contributed by atoms with E-state index in [0.29, 0.717) is 26.2 Å². The van der Waals surface area contributed by atoms with Gasteiger partial charge < -0.3 is 10.1 Å². The molecule has 1 amide bonds. The zero-order valence-electron chi connectivity index (χ0n) is 17.0. The number of nitrogens with zero attached hydrogens (tertiary/aromatic N) is 3. The largest absolute Gasteiger partial charge is 0.379 e. The van der Waals surface area contributed by atoms with E-state index in [0.717, 1.165) is 34.8 Å². The predicted molar refractivity (Wildman–Crippen MR) is 116 cm³/mol. The van der Waals surface area contributed by atoms with Crippen LogP contribution in [0.25, 0.3) is 10.9 Å². The summed E-state index contributed by atoms with van der Waals surface area (Å²) in [6, 6.07) is 7.78. The first kappa shape index (κ1) is 21.5. The molecule has 1 aromatic carbocycles. The number of hydrogen-bond acceptors (Lipinski definition) is 8. The number of thioether (sulfide) groups is 1. The number of benzene rings is 1. The van der Waals surface area contributed by atoms with Gasteiger partial charge in [0, 0.05) is 18.5 Å². The molecule has 4 rings (SSSR count). The molecule has 162 valence electrons. The highest BCUT2D eigenvalue weighted by molar-refractivity contribution is 8.00. The lowest BCUT2D eigenvalue weighted by molar-refractivity contribution is -0.120. The molecule has 2 fully saturated rings. The molecule has 2 aliphatic heterocycles. The highest BCUT2D eigenvalue weighted by atomic mass is 32.2. The van der Waals surface area contributed by atoms with Crippen LogP contribution in [0.15, 0.2) is 29.3 Å². The second-order valence-electron chi connectivity index (χ2n) is 8.09. The van der Waals surface area contributed by atoms with Crippen LogP contribution in [0.3, 0.4) is 0 Å². The first-order valence-corrected chi connectivity index (χ1v) is 12.8. The van der Waals surface area contributed by atoms with Crippen LogP contribution in [0.5, 0.6) is 0 Å². The molecule has 0 unspecified atom stereocenters. The Labute approximate surface area is 180 Å². The topological polar surface area (TPSA) is 101 Å². The number of amides is 1. The van der Waals surface area contributed by atoms with Gasteiger partial charge in [0.15, 0.2) is 9.84 Å². The molecule has 1 atom stereocenters. The molecule has 30 heavy (non-hydrogen) atoms. The summed E-state index contributed by atoms with van der Waals surface area (Å²) in [5.41, 5.74) is 0.165. The fraction of sp³-hybridized carbons (Fsp3) is 0.550. The normalized spacial score (nSPS) is 24.2. The molecule has 2 aliphatic rings. The summed E-state index contributed by atoms with van der Waals surface area (Å²) >= 11 is 1.36. The van der Waals surface area contributed by atoms with Crippen molar-refractivity contribution in [1.29, 1.82) is 0 Å². The van der Waals surface area contributed by atoms with Crippen molar-refractivity contribution in [2.45, 2.75) is 30.5 Å². The lowest BCUT2D eigenvalue weighted by atomic mass is 10.0. The molecular formula is C20H26N4O4S2. The zero-order valence-corrected chi connectivity index (χ0v) is 18.6. The molecule has 0 aliphatic carbocycles. The predicted octanol–water partition coefficient (Wildman–Crippen LogP) is 1.25. The van der Waals surface area contributed by atoms with E-state index in [1.807, 2.05) is 24.3 Å².